The van der Waals surface area contributed by atoms with Crippen LogP contribution in [0.2, 0.25) is 0 Å². The maximum atomic E-state index is 11.7. The number of ether oxygens (including phenoxy) is 1. The summed E-state index contributed by atoms with van der Waals surface area (Å²) in [5.41, 5.74) is -0.405. The molecule has 1 fully saturated rings. The zero-order valence-electron chi connectivity index (χ0n) is 9.46. The summed E-state index contributed by atoms with van der Waals surface area (Å²) in [4.78, 5) is 13.4. The van der Waals surface area contributed by atoms with Crippen LogP contribution in [0.1, 0.15) is 33.6 Å². The van der Waals surface area contributed by atoms with Gasteiger partial charge in [0.25, 0.3) is 0 Å². The predicted octanol–water partition coefficient (Wildman–Crippen LogP) is 1.56. The highest BCUT2D eigenvalue weighted by Gasteiger charge is 2.30. The van der Waals surface area contributed by atoms with Crippen LogP contribution in [0, 0.1) is 0 Å². The van der Waals surface area contributed by atoms with E-state index in [9.17, 15) is 4.79 Å². The average molecular weight is 200 g/mol. The molecule has 0 aliphatic carbocycles. The van der Waals surface area contributed by atoms with Gasteiger partial charge in [-0.05, 0) is 40.7 Å². The second kappa shape index (κ2) is 4.17. The van der Waals surface area contributed by atoms with E-state index in [0.717, 1.165) is 19.4 Å². The van der Waals surface area contributed by atoms with Gasteiger partial charge in [-0.1, -0.05) is 0 Å². The van der Waals surface area contributed by atoms with Crippen molar-refractivity contribution in [3.63, 3.8) is 0 Å². The quantitative estimate of drug-likeness (QED) is 0.698. The van der Waals surface area contributed by atoms with Crippen molar-refractivity contribution in [3.05, 3.63) is 0 Å². The minimum atomic E-state index is -0.405. The summed E-state index contributed by atoms with van der Waals surface area (Å²) in [6.45, 7) is 6.44. The first-order chi connectivity index (χ1) is 6.44. The first kappa shape index (κ1) is 11.3. The smallest absolute Gasteiger partial charge is 0.411 e. The number of amides is 1. The van der Waals surface area contributed by atoms with E-state index in [2.05, 4.69) is 5.32 Å². The lowest BCUT2D eigenvalue weighted by Gasteiger charge is -2.28. The van der Waals surface area contributed by atoms with Gasteiger partial charge in [0, 0.05) is 6.54 Å². The van der Waals surface area contributed by atoms with Crippen molar-refractivity contribution < 1.29 is 9.53 Å². The highest BCUT2D eigenvalue weighted by molar-refractivity contribution is 5.68. The second-order valence-electron chi connectivity index (χ2n) is 4.62. The largest absolute Gasteiger partial charge is 0.444 e. The van der Waals surface area contributed by atoms with Crippen molar-refractivity contribution in [2.24, 2.45) is 0 Å². The SMILES string of the molecule is CN[C@H]1CCCN1C(=O)OC(C)(C)C. The van der Waals surface area contributed by atoms with Gasteiger partial charge in [-0.3, -0.25) is 4.90 Å². The maximum absolute atomic E-state index is 11.7. The van der Waals surface area contributed by atoms with Crippen LogP contribution in [0.25, 0.3) is 0 Å². The number of hydrogen-bond acceptors (Lipinski definition) is 3. The Balaban J connectivity index is 2.52. The van der Waals surface area contributed by atoms with Crippen LogP contribution in [-0.4, -0.2) is 36.4 Å². The molecule has 0 unspecified atom stereocenters. The van der Waals surface area contributed by atoms with E-state index >= 15 is 0 Å². The lowest BCUT2D eigenvalue weighted by Crippen LogP contribution is -2.45. The molecule has 0 aromatic rings. The zero-order valence-corrected chi connectivity index (χ0v) is 9.46. The van der Waals surface area contributed by atoms with Gasteiger partial charge < -0.3 is 10.1 Å². The topological polar surface area (TPSA) is 41.6 Å². The number of hydrogen-bond donors (Lipinski definition) is 1. The molecule has 1 aliphatic heterocycles. The fourth-order valence-corrected chi connectivity index (χ4v) is 1.61. The van der Waals surface area contributed by atoms with Gasteiger partial charge in [-0.2, -0.15) is 0 Å². The Bertz CT molecular complexity index is 211. The van der Waals surface area contributed by atoms with Crippen LogP contribution in [0.3, 0.4) is 0 Å². The van der Waals surface area contributed by atoms with Gasteiger partial charge in [0.1, 0.15) is 5.60 Å². The van der Waals surface area contributed by atoms with E-state index in [1.165, 1.54) is 0 Å². The first-order valence-corrected chi connectivity index (χ1v) is 5.11. The van der Waals surface area contributed by atoms with E-state index in [1.807, 2.05) is 27.8 Å². The standard InChI is InChI=1S/C10H20N2O2/c1-10(2,3)14-9(13)12-7-5-6-8(12)11-4/h8,11H,5-7H2,1-4H3/t8-/m1/s1. The maximum Gasteiger partial charge on any atom is 0.411 e. The van der Waals surface area contributed by atoms with Crippen molar-refractivity contribution in [2.45, 2.75) is 45.4 Å². The molecule has 0 bridgehead atoms. The van der Waals surface area contributed by atoms with Crippen molar-refractivity contribution in [3.8, 4) is 0 Å². The molecule has 0 aromatic heterocycles. The van der Waals surface area contributed by atoms with E-state index in [1.54, 1.807) is 4.90 Å². The second-order valence-corrected chi connectivity index (χ2v) is 4.62. The van der Waals surface area contributed by atoms with E-state index in [0.29, 0.717) is 0 Å². The summed E-state index contributed by atoms with van der Waals surface area (Å²) in [7, 11) is 1.87. The molecule has 4 nitrogen and oxygen atoms in total. The average Bonchev–Trinajstić information content (AvgIpc) is 2.47. The summed E-state index contributed by atoms with van der Waals surface area (Å²) in [5, 5.41) is 3.11. The van der Waals surface area contributed by atoms with Gasteiger partial charge in [0.05, 0.1) is 6.17 Å². The van der Waals surface area contributed by atoms with Crippen molar-refractivity contribution >= 4 is 6.09 Å². The molecular weight excluding hydrogens is 180 g/mol. The van der Waals surface area contributed by atoms with Gasteiger partial charge in [-0.15, -0.1) is 0 Å². The van der Waals surface area contributed by atoms with E-state index in [-0.39, 0.29) is 12.3 Å². The third-order valence-electron chi connectivity index (χ3n) is 2.21. The number of likely N-dealkylation sites (tertiary alicyclic amines) is 1. The Morgan fingerprint density at radius 3 is 2.64 bits per heavy atom. The fourth-order valence-electron chi connectivity index (χ4n) is 1.61. The van der Waals surface area contributed by atoms with Crippen molar-refractivity contribution in [2.75, 3.05) is 13.6 Å². The number of nitrogens with one attached hydrogen (secondary N) is 1. The lowest BCUT2D eigenvalue weighted by molar-refractivity contribution is 0.0206. The molecular formula is C10H20N2O2. The summed E-state index contributed by atoms with van der Waals surface area (Å²) >= 11 is 0. The fraction of sp³-hybridized carbons (Fsp3) is 0.900. The third-order valence-corrected chi connectivity index (χ3v) is 2.21. The minimum Gasteiger partial charge on any atom is -0.444 e. The predicted molar refractivity (Wildman–Crippen MR) is 55.0 cm³/mol. The van der Waals surface area contributed by atoms with Crippen LogP contribution < -0.4 is 5.32 Å². The van der Waals surface area contributed by atoms with Crippen LogP contribution in [0.4, 0.5) is 4.79 Å². The number of carbonyl (C=O) groups is 1. The van der Waals surface area contributed by atoms with Crippen LogP contribution in [-0.2, 0) is 4.74 Å². The van der Waals surface area contributed by atoms with E-state index in [4.69, 9.17) is 4.74 Å². The third kappa shape index (κ3) is 2.87. The van der Waals surface area contributed by atoms with Crippen LogP contribution in [0.5, 0.6) is 0 Å². The van der Waals surface area contributed by atoms with Crippen LogP contribution in [0.15, 0.2) is 0 Å². The Kier molecular flexibility index (Phi) is 3.37. The molecule has 82 valence electrons. The molecule has 0 aromatic carbocycles. The Hall–Kier alpha value is -0.770. The summed E-state index contributed by atoms with van der Waals surface area (Å²) in [5.74, 6) is 0. The zero-order chi connectivity index (χ0) is 10.8. The molecule has 1 saturated heterocycles. The number of nitrogens with zero attached hydrogens (tertiary/aromatic N) is 1. The molecule has 1 heterocycles. The molecule has 1 atom stereocenters. The minimum absolute atomic E-state index is 0.143. The summed E-state index contributed by atoms with van der Waals surface area (Å²) < 4.78 is 5.30. The Morgan fingerprint density at radius 2 is 2.14 bits per heavy atom. The lowest BCUT2D eigenvalue weighted by atomic mass is 10.2. The molecule has 1 aliphatic rings. The highest BCUT2D eigenvalue weighted by Crippen LogP contribution is 2.18. The molecule has 14 heavy (non-hydrogen) atoms. The summed E-state index contributed by atoms with van der Waals surface area (Å²) in [6, 6.07) is 0. The molecule has 0 radical (unpaired) electrons. The monoisotopic (exact) mass is 200 g/mol. The molecule has 1 N–H and O–H groups in total. The molecule has 4 heteroatoms. The first-order valence-electron chi connectivity index (χ1n) is 5.11. The van der Waals surface area contributed by atoms with Gasteiger partial charge >= 0.3 is 6.09 Å². The number of carbonyl (C=O) groups excluding carboxylic acids is 1. The molecule has 0 saturated carbocycles. The summed E-state index contributed by atoms with van der Waals surface area (Å²) in [6.07, 6.45) is 1.99. The Morgan fingerprint density at radius 1 is 1.50 bits per heavy atom. The highest BCUT2D eigenvalue weighted by atomic mass is 16.6. The van der Waals surface area contributed by atoms with Crippen molar-refractivity contribution in [1.29, 1.82) is 0 Å². The normalized spacial score (nSPS) is 22.6. The van der Waals surface area contributed by atoms with Crippen molar-refractivity contribution in [1.82, 2.24) is 10.2 Å². The molecule has 1 rings (SSSR count). The molecule has 1 amide bonds. The van der Waals surface area contributed by atoms with Crippen LogP contribution >= 0.6 is 0 Å². The Labute approximate surface area is 85.6 Å². The number of rotatable bonds is 1. The van der Waals surface area contributed by atoms with Gasteiger partial charge in [0.2, 0.25) is 0 Å². The van der Waals surface area contributed by atoms with E-state index < -0.39 is 5.60 Å². The van der Waals surface area contributed by atoms with Gasteiger partial charge in [-0.25, -0.2) is 4.79 Å². The van der Waals surface area contributed by atoms with Gasteiger partial charge in [0.15, 0.2) is 0 Å². The molecule has 0 spiro atoms.